The van der Waals surface area contributed by atoms with Crippen molar-refractivity contribution >= 4 is 11.8 Å². The Bertz CT molecular complexity index is 766. The molecule has 1 atom stereocenters. The van der Waals surface area contributed by atoms with Crippen molar-refractivity contribution in [2.75, 3.05) is 14.2 Å². The van der Waals surface area contributed by atoms with E-state index >= 15 is 0 Å². The van der Waals surface area contributed by atoms with Crippen molar-refractivity contribution in [2.45, 2.75) is 12.5 Å². The van der Waals surface area contributed by atoms with Gasteiger partial charge in [0.25, 0.3) is 0 Å². The number of ether oxygens (including phenoxy) is 3. The summed E-state index contributed by atoms with van der Waals surface area (Å²) in [4.78, 5) is 24.0. The van der Waals surface area contributed by atoms with Crippen LogP contribution >= 0.6 is 0 Å². The Balaban J connectivity index is 1.93. The van der Waals surface area contributed by atoms with E-state index in [-0.39, 0.29) is 12.2 Å². The van der Waals surface area contributed by atoms with Crippen LogP contribution in [0.2, 0.25) is 0 Å². The van der Waals surface area contributed by atoms with Crippen LogP contribution in [0.25, 0.3) is 0 Å². The Morgan fingerprint density at radius 2 is 2.00 bits per heavy atom. The zero-order valence-corrected chi connectivity index (χ0v) is 12.9. The summed E-state index contributed by atoms with van der Waals surface area (Å²) in [5, 5.41) is 0. The highest BCUT2D eigenvalue weighted by atomic mass is 16.5. The quantitative estimate of drug-likeness (QED) is 0.815. The summed E-state index contributed by atoms with van der Waals surface area (Å²) in [7, 11) is 2.89. The van der Waals surface area contributed by atoms with Gasteiger partial charge in [0, 0.05) is 6.07 Å². The normalized spacial score (nSPS) is 16.3. The lowest BCUT2D eigenvalue weighted by atomic mass is 9.95. The van der Waals surface area contributed by atoms with E-state index in [1.54, 1.807) is 43.5 Å². The van der Waals surface area contributed by atoms with Gasteiger partial charge in [-0.2, -0.15) is 0 Å². The first-order valence-corrected chi connectivity index (χ1v) is 7.18. The molecule has 1 aliphatic heterocycles. The van der Waals surface area contributed by atoms with E-state index in [2.05, 4.69) is 0 Å². The van der Waals surface area contributed by atoms with Gasteiger partial charge in [0.15, 0.2) is 5.78 Å². The van der Waals surface area contributed by atoms with E-state index in [0.717, 1.165) is 5.56 Å². The Morgan fingerprint density at radius 3 is 2.74 bits per heavy atom. The van der Waals surface area contributed by atoms with Crippen LogP contribution in [0.4, 0.5) is 0 Å². The first-order valence-electron chi connectivity index (χ1n) is 7.18. The van der Waals surface area contributed by atoms with E-state index in [4.69, 9.17) is 14.2 Å². The topological polar surface area (TPSA) is 61.8 Å². The third-order valence-electron chi connectivity index (χ3n) is 3.81. The van der Waals surface area contributed by atoms with E-state index in [0.29, 0.717) is 22.6 Å². The zero-order chi connectivity index (χ0) is 16.4. The molecule has 5 nitrogen and oxygen atoms in total. The molecule has 0 N–H and O–H groups in total. The predicted octanol–water partition coefficient (Wildman–Crippen LogP) is 3.19. The molecule has 0 unspecified atom stereocenters. The Morgan fingerprint density at radius 1 is 1.17 bits per heavy atom. The number of carbonyl (C=O) groups is 2. The fourth-order valence-corrected chi connectivity index (χ4v) is 2.60. The van der Waals surface area contributed by atoms with Crippen molar-refractivity contribution in [1.29, 1.82) is 0 Å². The second-order valence-electron chi connectivity index (χ2n) is 5.21. The van der Waals surface area contributed by atoms with Gasteiger partial charge in [-0.25, -0.2) is 4.79 Å². The minimum atomic E-state index is -0.438. The standard InChI is InChI=1S/C18H16O5/c1-21-13-6-7-14-15(19)10-16(23-17(14)9-13)11-4-3-5-12(8-11)18(20)22-2/h3-9,16H,10H2,1-2H3/t16-/m1/s1. The Labute approximate surface area is 133 Å². The largest absolute Gasteiger partial charge is 0.497 e. The van der Waals surface area contributed by atoms with Crippen LogP contribution in [-0.2, 0) is 4.74 Å². The van der Waals surface area contributed by atoms with Crippen LogP contribution < -0.4 is 9.47 Å². The average Bonchev–Trinajstić information content (AvgIpc) is 2.60. The number of Topliss-reactive ketones (excluding diaryl/α,β-unsaturated/α-hetero) is 1. The summed E-state index contributed by atoms with van der Waals surface area (Å²) in [6.45, 7) is 0. The molecule has 0 saturated heterocycles. The highest BCUT2D eigenvalue weighted by Gasteiger charge is 2.28. The van der Waals surface area contributed by atoms with Crippen LogP contribution in [0, 0.1) is 0 Å². The maximum absolute atomic E-state index is 12.3. The number of fused-ring (bicyclic) bond motifs is 1. The maximum Gasteiger partial charge on any atom is 0.337 e. The van der Waals surface area contributed by atoms with Crippen LogP contribution in [-0.4, -0.2) is 26.0 Å². The van der Waals surface area contributed by atoms with Crippen molar-refractivity contribution in [2.24, 2.45) is 0 Å². The molecule has 0 radical (unpaired) electrons. The molecule has 0 bridgehead atoms. The number of methoxy groups -OCH3 is 2. The van der Waals surface area contributed by atoms with E-state index in [9.17, 15) is 9.59 Å². The summed E-state index contributed by atoms with van der Waals surface area (Å²) >= 11 is 0. The molecule has 1 heterocycles. The molecule has 3 rings (SSSR count). The second kappa shape index (κ2) is 6.12. The first-order chi connectivity index (χ1) is 11.1. The molecular formula is C18H16O5. The van der Waals surface area contributed by atoms with Gasteiger partial charge < -0.3 is 14.2 Å². The monoisotopic (exact) mass is 312 g/mol. The molecule has 0 saturated carbocycles. The van der Waals surface area contributed by atoms with Gasteiger partial charge in [-0.1, -0.05) is 12.1 Å². The number of benzene rings is 2. The minimum absolute atomic E-state index is 0.00220. The summed E-state index contributed by atoms with van der Waals surface area (Å²) in [5.74, 6) is 0.702. The van der Waals surface area contributed by atoms with Gasteiger partial charge in [0.05, 0.1) is 31.8 Å². The molecule has 5 heteroatoms. The van der Waals surface area contributed by atoms with Crippen molar-refractivity contribution in [3.05, 3.63) is 59.2 Å². The van der Waals surface area contributed by atoms with Gasteiger partial charge in [-0.05, 0) is 29.8 Å². The van der Waals surface area contributed by atoms with Gasteiger partial charge in [-0.15, -0.1) is 0 Å². The smallest absolute Gasteiger partial charge is 0.337 e. The molecule has 0 spiro atoms. The minimum Gasteiger partial charge on any atom is -0.497 e. The molecule has 2 aromatic carbocycles. The number of ketones is 1. The highest BCUT2D eigenvalue weighted by Crippen LogP contribution is 2.37. The van der Waals surface area contributed by atoms with Gasteiger partial charge in [0.2, 0.25) is 0 Å². The summed E-state index contributed by atoms with van der Waals surface area (Å²) in [5.41, 5.74) is 1.73. The molecule has 2 aromatic rings. The van der Waals surface area contributed by atoms with E-state index in [1.165, 1.54) is 7.11 Å². The van der Waals surface area contributed by atoms with Crippen LogP contribution in [0.1, 0.15) is 38.8 Å². The van der Waals surface area contributed by atoms with E-state index in [1.807, 2.05) is 6.07 Å². The van der Waals surface area contributed by atoms with Crippen LogP contribution in [0.3, 0.4) is 0 Å². The fourth-order valence-electron chi connectivity index (χ4n) is 2.60. The van der Waals surface area contributed by atoms with Crippen molar-refractivity contribution in [1.82, 2.24) is 0 Å². The van der Waals surface area contributed by atoms with Crippen LogP contribution in [0.5, 0.6) is 11.5 Å². The molecule has 0 aliphatic carbocycles. The van der Waals surface area contributed by atoms with Crippen molar-refractivity contribution < 1.29 is 23.8 Å². The Hall–Kier alpha value is -2.82. The first kappa shape index (κ1) is 15.1. The summed E-state index contributed by atoms with van der Waals surface area (Å²) in [6.07, 6.45) is -0.212. The van der Waals surface area contributed by atoms with E-state index < -0.39 is 12.1 Å². The number of hydrogen-bond donors (Lipinski definition) is 0. The Kier molecular flexibility index (Phi) is 4.02. The molecule has 0 aromatic heterocycles. The van der Waals surface area contributed by atoms with Gasteiger partial charge >= 0.3 is 5.97 Å². The summed E-state index contributed by atoms with van der Waals surface area (Å²) in [6, 6.07) is 12.1. The van der Waals surface area contributed by atoms with Crippen molar-refractivity contribution in [3.63, 3.8) is 0 Å². The highest BCUT2D eigenvalue weighted by molar-refractivity contribution is 6.00. The zero-order valence-electron chi connectivity index (χ0n) is 12.9. The number of esters is 1. The number of hydrogen-bond acceptors (Lipinski definition) is 5. The molecule has 0 amide bonds. The maximum atomic E-state index is 12.3. The van der Waals surface area contributed by atoms with Gasteiger partial charge in [0.1, 0.15) is 17.6 Å². The lowest BCUT2D eigenvalue weighted by molar-refractivity contribution is 0.0600. The lowest BCUT2D eigenvalue weighted by Gasteiger charge is -2.26. The molecule has 1 aliphatic rings. The molecule has 0 fully saturated rings. The number of carbonyl (C=O) groups excluding carboxylic acids is 2. The predicted molar refractivity (Wildman–Crippen MR) is 83.1 cm³/mol. The summed E-state index contributed by atoms with van der Waals surface area (Å²) < 4.78 is 15.8. The second-order valence-corrected chi connectivity index (χ2v) is 5.21. The molecule has 23 heavy (non-hydrogen) atoms. The average molecular weight is 312 g/mol. The lowest BCUT2D eigenvalue weighted by Crippen LogP contribution is -2.20. The third kappa shape index (κ3) is 2.90. The van der Waals surface area contributed by atoms with Gasteiger partial charge in [-0.3, -0.25) is 4.79 Å². The number of rotatable bonds is 3. The molecule has 118 valence electrons. The van der Waals surface area contributed by atoms with Crippen LogP contribution in [0.15, 0.2) is 42.5 Å². The molecular weight excluding hydrogens is 296 g/mol. The SMILES string of the molecule is COC(=O)c1cccc([C@H]2CC(=O)c3ccc(OC)cc3O2)c1. The van der Waals surface area contributed by atoms with Crippen molar-refractivity contribution in [3.8, 4) is 11.5 Å². The fraction of sp³-hybridized carbons (Fsp3) is 0.222. The third-order valence-corrected chi connectivity index (χ3v) is 3.81.